The summed E-state index contributed by atoms with van der Waals surface area (Å²) in [5.74, 6) is 0.500. The lowest BCUT2D eigenvalue weighted by atomic mass is 9.95. The van der Waals surface area contributed by atoms with Gasteiger partial charge in [0.15, 0.2) is 0 Å². The summed E-state index contributed by atoms with van der Waals surface area (Å²) in [6.07, 6.45) is 1.43. The summed E-state index contributed by atoms with van der Waals surface area (Å²) in [7, 11) is 0. The first kappa shape index (κ1) is 12.4. The predicted octanol–water partition coefficient (Wildman–Crippen LogP) is -1.00. The topological polar surface area (TPSA) is 95.3 Å². The van der Waals surface area contributed by atoms with Gasteiger partial charge in [-0.25, -0.2) is 4.79 Å². The minimum Gasteiger partial charge on any atom is -0.396 e. The number of thioether (sulfide) groups is 1. The van der Waals surface area contributed by atoms with Crippen molar-refractivity contribution in [2.45, 2.75) is 5.37 Å². The SMILES string of the molecule is O=c1ccn([C@@H]2SC[C@H](CO)[C@H]2CO)c(=O)[nH]1. The Hall–Kier alpha value is -1.05. The molecule has 2 rings (SSSR count). The number of aromatic amines is 1. The quantitative estimate of drug-likeness (QED) is 0.646. The first-order valence-electron chi connectivity index (χ1n) is 5.32. The van der Waals surface area contributed by atoms with E-state index in [-0.39, 0.29) is 30.4 Å². The van der Waals surface area contributed by atoms with E-state index >= 15 is 0 Å². The fourth-order valence-electron chi connectivity index (χ4n) is 2.04. The maximum Gasteiger partial charge on any atom is 0.329 e. The Balaban J connectivity index is 2.34. The number of hydrogen-bond donors (Lipinski definition) is 3. The summed E-state index contributed by atoms with van der Waals surface area (Å²) in [6, 6.07) is 1.28. The molecule has 0 aromatic carbocycles. The second kappa shape index (κ2) is 5.07. The minimum atomic E-state index is -0.480. The van der Waals surface area contributed by atoms with Gasteiger partial charge >= 0.3 is 5.69 Å². The van der Waals surface area contributed by atoms with Crippen molar-refractivity contribution in [3.63, 3.8) is 0 Å². The molecule has 94 valence electrons. The van der Waals surface area contributed by atoms with Crippen molar-refractivity contribution in [1.29, 1.82) is 0 Å². The van der Waals surface area contributed by atoms with Gasteiger partial charge in [-0.2, -0.15) is 0 Å². The number of H-pyrrole nitrogens is 1. The monoisotopic (exact) mass is 258 g/mol. The van der Waals surface area contributed by atoms with Crippen molar-refractivity contribution >= 4 is 11.8 Å². The first-order chi connectivity index (χ1) is 8.17. The van der Waals surface area contributed by atoms with Crippen LogP contribution in [0.15, 0.2) is 21.9 Å². The molecule has 1 aliphatic rings. The molecule has 7 heteroatoms. The lowest BCUT2D eigenvalue weighted by molar-refractivity contribution is 0.126. The minimum absolute atomic E-state index is 0.00711. The van der Waals surface area contributed by atoms with E-state index in [0.717, 1.165) is 0 Å². The van der Waals surface area contributed by atoms with E-state index in [1.807, 2.05) is 0 Å². The van der Waals surface area contributed by atoms with Gasteiger partial charge in [0.2, 0.25) is 0 Å². The van der Waals surface area contributed by atoms with Gasteiger partial charge in [-0.15, -0.1) is 11.8 Å². The average molecular weight is 258 g/mol. The Morgan fingerprint density at radius 3 is 2.76 bits per heavy atom. The molecule has 0 unspecified atom stereocenters. The summed E-state index contributed by atoms with van der Waals surface area (Å²) >= 11 is 1.50. The van der Waals surface area contributed by atoms with Crippen molar-refractivity contribution in [3.05, 3.63) is 33.1 Å². The van der Waals surface area contributed by atoms with Crippen LogP contribution in [-0.2, 0) is 0 Å². The summed E-state index contributed by atoms with van der Waals surface area (Å²) in [6.45, 7) is -0.0959. The fourth-order valence-corrected chi connectivity index (χ4v) is 3.72. The molecular formula is C10H14N2O4S. The fraction of sp³-hybridized carbons (Fsp3) is 0.600. The molecule has 0 radical (unpaired) electrons. The lowest BCUT2D eigenvalue weighted by Crippen LogP contribution is -2.34. The maximum absolute atomic E-state index is 11.6. The standard InChI is InChI=1S/C10H14N2O4S/c13-3-6-5-17-9(7(6)4-14)12-2-1-8(15)11-10(12)16/h1-2,6-7,9,13-14H,3-5H2,(H,11,15,16)/t6-,7+,9+/m0/s1. The largest absolute Gasteiger partial charge is 0.396 e. The van der Waals surface area contributed by atoms with E-state index in [1.165, 1.54) is 28.6 Å². The molecule has 0 spiro atoms. The van der Waals surface area contributed by atoms with Gasteiger partial charge in [0.1, 0.15) is 0 Å². The van der Waals surface area contributed by atoms with Gasteiger partial charge < -0.3 is 10.2 Å². The second-order valence-corrected chi connectivity index (χ2v) is 5.18. The molecule has 1 fully saturated rings. The molecular weight excluding hydrogens is 244 g/mol. The Kier molecular flexibility index (Phi) is 3.70. The molecule has 0 saturated carbocycles. The molecule has 1 aromatic rings. The zero-order valence-corrected chi connectivity index (χ0v) is 9.89. The zero-order chi connectivity index (χ0) is 12.4. The predicted molar refractivity (Wildman–Crippen MR) is 64.0 cm³/mol. The first-order valence-corrected chi connectivity index (χ1v) is 6.37. The van der Waals surface area contributed by atoms with E-state index in [4.69, 9.17) is 0 Å². The third kappa shape index (κ3) is 2.31. The molecule has 1 saturated heterocycles. The van der Waals surface area contributed by atoms with Crippen molar-refractivity contribution in [1.82, 2.24) is 9.55 Å². The van der Waals surface area contributed by atoms with E-state index in [0.29, 0.717) is 5.75 Å². The molecule has 3 atom stereocenters. The Bertz CT molecular complexity index is 498. The highest BCUT2D eigenvalue weighted by atomic mass is 32.2. The summed E-state index contributed by atoms with van der Waals surface area (Å²) < 4.78 is 1.41. The molecule has 0 bridgehead atoms. The molecule has 0 amide bonds. The smallest absolute Gasteiger partial charge is 0.329 e. The number of aromatic nitrogens is 2. The van der Waals surface area contributed by atoms with Crippen molar-refractivity contribution in [2.75, 3.05) is 19.0 Å². The van der Waals surface area contributed by atoms with Gasteiger partial charge in [0.25, 0.3) is 5.56 Å². The normalized spacial score (nSPS) is 28.5. The van der Waals surface area contributed by atoms with Crippen LogP contribution in [0.25, 0.3) is 0 Å². The van der Waals surface area contributed by atoms with Crippen molar-refractivity contribution < 1.29 is 10.2 Å². The molecule has 1 aliphatic heterocycles. The van der Waals surface area contributed by atoms with Crippen LogP contribution in [0.2, 0.25) is 0 Å². The highest BCUT2D eigenvalue weighted by Crippen LogP contribution is 2.43. The van der Waals surface area contributed by atoms with Crippen LogP contribution >= 0.6 is 11.8 Å². The zero-order valence-electron chi connectivity index (χ0n) is 9.07. The number of nitrogens with one attached hydrogen (secondary N) is 1. The third-order valence-corrected chi connectivity index (χ3v) is 4.56. The molecule has 6 nitrogen and oxygen atoms in total. The molecule has 3 N–H and O–H groups in total. The summed E-state index contributed by atoms with van der Waals surface area (Å²) in [5.41, 5.74) is -0.916. The van der Waals surface area contributed by atoms with Crippen LogP contribution < -0.4 is 11.2 Å². The lowest BCUT2D eigenvalue weighted by Gasteiger charge is -2.21. The van der Waals surface area contributed by atoms with Crippen LogP contribution in [0.3, 0.4) is 0 Å². The number of nitrogens with zero attached hydrogens (tertiary/aromatic N) is 1. The Labute approximate surface area is 101 Å². The van der Waals surface area contributed by atoms with Crippen LogP contribution in [0.5, 0.6) is 0 Å². The van der Waals surface area contributed by atoms with Gasteiger partial charge in [-0.3, -0.25) is 14.3 Å². The van der Waals surface area contributed by atoms with Crippen LogP contribution in [0.4, 0.5) is 0 Å². The number of aliphatic hydroxyl groups is 2. The van der Waals surface area contributed by atoms with Gasteiger partial charge in [-0.1, -0.05) is 0 Å². The average Bonchev–Trinajstić information content (AvgIpc) is 2.71. The van der Waals surface area contributed by atoms with Crippen molar-refractivity contribution in [3.8, 4) is 0 Å². The van der Waals surface area contributed by atoms with Crippen LogP contribution in [-0.4, -0.2) is 38.7 Å². The Morgan fingerprint density at radius 2 is 2.18 bits per heavy atom. The van der Waals surface area contributed by atoms with Gasteiger partial charge in [0, 0.05) is 37.1 Å². The molecule has 2 heterocycles. The maximum atomic E-state index is 11.6. The van der Waals surface area contributed by atoms with E-state index in [2.05, 4.69) is 4.98 Å². The molecule has 0 aliphatic carbocycles. The summed E-state index contributed by atoms with van der Waals surface area (Å²) in [4.78, 5) is 24.8. The van der Waals surface area contributed by atoms with Gasteiger partial charge in [-0.05, 0) is 5.92 Å². The van der Waals surface area contributed by atoms with E-state index in [1.54, 1.807) is 0 Å². The molecule has 1 aromatic heterocycles. The Morgan fingerprint density at radius 1 is 1.41 bits per heavy atom. The van der Waals surface area contributed by atoms with Gasteiger partial charge in [0.05, 0.1) is 5.37 Å². The van der Waals surface area contributed by atoms with E-state index < -0.39 is 11.2 Å². The highest BCUT2D eigenvalue weighted by molar-refractivity contribution is 7.99. The van der Waals surface area contributed by atoms with Crippen LogP contribution in [0.1, 0.15) is 5.37 Å². The highest BCUT2D eigenvalue weighted by Gasteiger charge is 2.37. The van der Waals surface area contributed by atoms with Crippen molar-refractivity contribution in [2.24, 2.45) is 11.8 Å². The second-order valence-electron chi connectivity index (χ2n) is 4.03. The number of rotatable bonds is 3. The van der Waals surface area contributed by atoms with Crippen LogP contribution in [0, 0.1) is 11.8 Å². The van der Waals surface area contributed by atoms with E-state index in [9.17, 15) is 19.8 Å². The third-order valence-electron chi connectivity index (χ3n) is 3.02. The number of hydrogen-bond acceptors (Lipinski definition) is 5. The summed E-state index contributed by atoms with van der Waals surface area (Å²) in [5, 5.41) is 18.3. The number of aliphatic hydroxyl groups excluding tert-OH is 2. The molecule has 17 heavy (non-hydrogen) atoms.